The minimum atomic E-state index is 1.14. The molecular formula is C34H23NS. The van der Waals surface area contributed by atoms with E-state index in [1.54, 1.807) is 0 Å². The monoisotopic (exact) mass is 477 g/mol. The van der Waals surface area contributed by atoms with E-state index in [2.05, 4.69) is 144 Å². The molecule has 1 heterocycles. The van der Waals surface area contributed by atoms with Gasteiger partial charge in [-0.05, 0) is 70.4 Å². The van der Waals surface area contributed by atoms with Crippen LogP contribution in [0.2, 0.25) is 0 Å². The standard InChI is InChI=1S/C34H23NS/c1-3-9-24(10-4-1)25-15-19-28(20-16-25)35(27-11-5-2-6-12-27)29-21-17-26-18-22-33-34(31(26)23-29)30-13-7-8-14-32(30)36-33/h1-23H. The summed E-state index contributed by atoms with van der Waals surface area (Å²) in [5.41, 5.74) is 5.89. The first-order valence-electron chi connectivity index (χ1n) is 12.2. The molecule has 170 valence electrons. The van der Waals surface area contributed by atoms with E-state index in [1.165, 1.54) is 42.1 Å². The Morgan fingerprint density at radius 1 is 0.417 bits per heavy atom. The van der Waals surface area contributed by atoms with Crippen LogP contribution < -0.4 is 4.90 Å². The second-order valence-corrected chi connectivity index (χ2v) is 10.1. The van der Waals surface area contributed by atoms with Crippen LogP contribution in [0.4, 0.5) is 17.1 Å². The highest BCUT2D eigenvalue weighted by Crippen LogP contribution is 2.42. The van der Waals surface area contributed by atoms with E-state index < -0.39 is 0 Å². The summed E-state index contributed by atoms with van der Waals surface area (Å²) in [5.74, 6) is 0. The molecule has 0 N–H and O–H groups in total. The Kier molecular flexibility index (Phi) is 5.04. The van der Waals surface area contributed by atoms with Crippen LogP contribution in [0.15, 0.2) is 140 Å². The predicted octanol–water partition coefficient (Wildman–Crippen LogP) is 10.3. The fourth-order valence-electron chi connectivity index (χ4n) is 5.13. The molecule has 0 atom stereocenters. The smallest absolute Gasteiger partial charge is 0.0468 e. The normalized spacial score (nSPS) is 11.3. The number of nitrogens with zero attached hydrogens (tertiary/aromatic N) is 1. The van der Waals surface area contributed by atoms with Gasteiger partial charge in [-0.3, -0.25) is 0 Å². The van der Waals surface area contributed by atoms with Gasteiger partial charge in [0.2, 0.25) is 0 Å². The van der Waals surface area contributed by atoms with Gasteiger partial charge in [0.15, 0.2) is 0 Å². The van der Waals surface area contributed by atoms with Gasteiger partial charge in [0.1, 0.15) is 0 Å². The number of rotatable bonds is 4. The van der Waals surface area contributed by atoms with Crippen LogP contribution in [-0.2, 0) is 0 Å². The highest BCUT2D eigenvalue weighted by atomic mass is 32.1. The molecule has 1 nitrogen and oxygen atoms in total. The Bertz CT molecular complexity index is 1820. The molecule has 0 saturated carbocycles. The Morgan fingerprint density at radius 2 is 1.03 bits per heavy atom. The summed E-state index contributed by atoms with van der Waals surface area (Å²) in [5, 5.41) is 5.24. The van der Waals surface area contributed by atoms with Crippen molar-refractivity contribution in [3.05, 3.63) is 140 Å². The molecule has 0 fully saturated rings. The van der Waals surface area contributed by atoms with Gasteiger partial charge in [0.05, 0.1) is 0 Å². The zero-order valence-electron chi connectivity index (χ0n) is 19.6. The summed E-state index contributed by atoms with van der Waals surface area (Å²) in [6.45, 7) is 0. The van der Waals surface area contributed by atoms with Crippen molar-refractivity contribution in [1.29, 1.82) is 0 Å². The van der Waals surface area contributed by atoms with Crippen molar-refractivity contribution in [3.8, 4) is 11.1 Å². The van der Waals surface area contributed by atoms with Gasteiger partial charge in [-0.25, -0.2) is 0 Å². The van der Waals surface area contributed by atoms with Crippen LogP contribution >= 0.6 is 11.3 Å². The van der Waals surface area contributed by atoms with Crippen molar-refractivity contribution in [2.24, 2.45) is 0 Å². The molecule has 7 aromatic rings. The molecule has 0 bridgehead atoms. The fraction of sp³-hybridized carbons (Fsp3) is 0. The molecule has 0 aliphatic rings. The minimum Gasteiger partial charge on any atom is -0.310 e. The zero-order chi connectivity index (χ0) is 23.9. The van der Waals surface area contributed by atoms with Gasteiger partial charge in [-0.1, -0.05) is 91.0 Å². The number of para-hydroxylation sites is 1. The molecule has 0 radical (unpaired) electrons. The second-order valence-electron chi connectivity index (χ2n) is 9.03. The lowest BCUT2D eigenvalue weighted by atomic mass is 10.0. The van der Waals surface area contributed by atoms with Gasteiger partial charge in [-0.15, -0.1) is 11.3 Å². The summed E-state index contributed by atoms with van der Waals surface area (Å²) in [6.07, 6.45) is 0. The molecule has 0 spiro atoms. The average Bonchev–Trinajstić information content (AvgIpc) is 3.34. The Hall–Kier alpha value is -4.40. The van der Waals surface area contributed by atoms with Gasteiger partial charge in [-0.2, -0.15) is 0 Å². The summed E-state index contributed by atoms with van der Waals surface area (Å²) < 4.78 is 2.67. The van der Waals surface area contributed by atoms with Crippen LogP contribution in [0, 0.1) is 0 Å². The molecule has 0 aliphatic heterocycles. The minimum absolute atomic E-state index is 1.14. The molecule has 0 aliphatic carbocycles. The summed E-state index contributed by atoms with van der Waals surface area (Å²) in [4.78, 5) is 2.35. The van der Waals surface area contributed by atoms with Crippen molar-refractivity contribution in [3.63, 3.8) is 0 Å². The van der Waals surface area contributed by atoms with Crippen LogP contribution in [-0.4, -0.2) is 0 Å². The second kappa shape index (κ2) is 8.67. The van der Waals surface area contributed by atoms with Crippen LogP contribution in [0.25, 0.3) is 42.1 Å². The fourth-order valence-corrected chi connectivity index (χ4v) is 6.25. The maximum Gasteiger partial charge on any atom is 0.0468 e. The molecule has 6 aromatic carbocycles. The van der Waals surface area contributed by atoms with E-state index in [-0.39, 0.29) is 0 Å². The maximum absolute atomic E-state index is 2.36. The lowest BCUT2D eigenvalue weighted by molar-refractivity contribution is 1.29. The number of anilines is 3. The Balaban J connectivity index is 1.42. The van der Waals surface area contributed by atoms with Crippen LogP contribution in [0.5, 0.6) is 0 Å². The summed E-state index contributed by atoms with van der Waals surface area (Å²) >= 11 is 1.87. The molecule has 36 heavy (non-hydrogen) atoms. The van der Waals surface area contributed by atoms with E-state index >= 15 is 0 Å². The summed E-state index contributed by atoms with van der Waals surface area (Å²) in [6, 6.07) is 50.1. The first-order chi connectivity index (χ1) is 17.8. The third-order valence-corrected chi connectivity index (χ3v) is 7.98. The number of fused-ring (bicyclic) bond motifs is 5. The largest absolute Gasteiger partial charge is 0.310 e. The SMILES string of the molecule is c1ccc(-c2ccc(N(c3ccccc3)c3ccc4ccc5sc6ccccc6c5c4c3)cc2)cc1. The Labute approximate surface area is 214 Å². The first-order valence-corrected chi connectivity index (χ1v) is 13.0. The topological polar surface area (TPSA) is 3.24 Å². The van der Waals surface area contributed by atoms with Gasteiger partial charge in [0, 0.05) is 37.2 Å². The quantitative estimate of drug-likeness (QED) is 0.244. The number of hydrogen-bond donors (Lipinski definition) is 0. The molecule has 0 amide bonds. The Morgan fingerprint density at radius 3 is 1.83 bits per heavy atom. The molecule has 0 saturated heterocycles. The van der Waals surface area contributed by atoms with Crippen molar-refractivity contribution >= 4 is 59.3 Å². The lowest BCUT2D eigenvalue weighted by Gasteiger charge is -2.26. The molecular weight excluding hydrogens is 454 g/mol. The average molecular weight is 478 g/mol. The molecule has 1 aromatic heterocycles. The van der Waals surface area contributed by atoms with E-state index in [0.717, 1.165) is 17.1 Å². The van der Waals surface area contributed by atoms with E-state index in [4.69, 9.17) is 0 Å². The number of benzene rings is 6. The molecule has 2 heteroatoms. The van der Waals surface area contributed by atoms with Crippen molar-refractivity contribution in [2.75, 3.05) is 4.90 Å². The molecule has 0 unspecified atom stereocenters. The van der Waals surface area contributed by atoms with Crippen LogP contribution in [0.3, 0.4) is 0 Å². The lowest BCUT2D eigenvalue weighted by Crippen LogP contribution is -2.09. The third-order valence-electron chi connectivity index (χ3n) is 6.85. The number of hydrogen-bond acceptors (Lipinski definition) is 2. The van der Waals surface area contributed by atoms with Crippen molar-refractivity contribution in [2.45, 2.75) is 0 Å². The third kappa shape index (κ3) is 3.55. The van der Waals surface area contributed by atoms with Gasteiger partial charge < -0.3 is 4.90 Å². The highest BCUT2D eigenvalue weighted by molar-refractivity contribution is 7.26. The van der Waals surface area contributed by atoms with Crippen LogP contribution in [0.1, 0.15) is 0 Å². The first kappa shape index (κ1) is 20.9. The maximum atomic E-state index is 2.36. The number of thiophene rings is 1. The van der Waals surface area contributed by atoms with Gasteiger partial charge >= 0.3 is 0 Å². The van der Waals surface area contributed by atoms with Crippen molar-refractivity contribution in [1.82, 2.24) is 0 Å². The van der Waals surface area contributed by atoms with E-state index in [0.29, 0.717) is 0 Å². The summed E-state index contributed by atoms with van der Waals surface area (Å²) in [7, 11) is 0. The van der Waals surface area contributed by atoms with Gasteiger partial charge in [0.25, 0.3) is 0 Å². The van der Waals surface area contributed by atoms with E-state index in [9.17, 15) is 0 Å². The highest BCUT2D eigenvalue weighted by Gasteiger charge is 2.15. The molecule has 7 rings (SSSR count). The van der Waals surface area contributed by atoms with E-state index in [1.807, 2.05) is 11.3 Å². The zero-order valence-corrected chi connectivity index (χ0v) is 20.5. The predicted molar refractivity (Wildman–Crippen MR) is 157 cm³/mol. The van der Waals surface area contributed by atoms with Crippen molar-refractivity contribution < 1.29 is 0 Å².